The molecular weight excluding hydrogens is 276 g/mol. The van der Waals surface area contributed by atoms with E-state index in [0.717, 1.165) is 57.8 Å². The molecule has 4 nitrogen and oxygen atoms in total. The summed E-state index contributed by atoms with van der Waals surface area (Å²) in [7, 11) is 1.93. The fourth-order valence-corrected chi connectivity index (χ4v) is 3.24. The smallest absolute Gasteiger partial charge is 0.222 e. The van der Waals surface area contributed by atoms with Crippen LogP contribution in [0.15, 0.2) is 0 Å². The van der Waals surface area contributed by atoms with Crippen molar-refractivity contribution in [3.63, 3.8) is 0 Å². The van der Waals surface area contributed by atoms with Crippen LogP contribution >= 0.6 is 12.4 Å². The number of rotatable bonds is 5. The van der Waals surface area contributed by atoms with Gasteiger partial charge in [-0.1, -0.05) is 6.42 Å². The summed E-state index contributed by atoms with van der Waals surface area (Å²) in [5.74, 6) is 1.42. The molecule has 0 spiro atoms. The summed E-state index contributed by atoms with van der Waals surface area (Å²) in [6.07, 6.45) is 7.45. The summed E-state index contributed by atoms with van der Waals surface area (Å²) < 4.78 is 5.36. The monoisotopic (exact) mass is 304 g/mol. The molecule has 0 radical (unpaired) electrons. The largest absolute Gasteiger partial charge is 0.381 e. The van der Waals surface area contributed by atoms with Gasteiger partial charge >= 0.3 is 0 Å². The van der Waals surface area contributed by atoms with Gasteiger partial charge in [-0.15, -0.1) is 12.4 Å². The zero-order valence-corrected chi connectivity index (χ0v) is 13.4. The van der Waals surface area contributed by atoms with E-state index in [0.29, 0.717) is 12.3 Å². The normalized spacial score (nSPS) is 27.1. The topological polar surface area (TPSA) is 55.6 Å². The van der Waals surface area contributed by atoms with Crippen LogP contribution in [0.4, 0.5) is 0 Å². The van der Waals surface area contributed by atoms with Crippen LogP contribution in [-0.4, -0.2) is 43.7 Å². The summed E-state index contributed by atoms with van der Waals surface area (Å²) in [6, 6.07) is 0.243. The summed E-state index contributed by atoms with van der Waals surface area (Å²) in [4.78, 5) is 14.1. The second-order valence-electron chi connectivity index (χ2n) is 6.22. The van der Waals surface area contributed by atoms with Crippen molar-refractivity contribution in [1.29, 1.82) is 0 Å². The van der Waals surface area contributed by atoms with Crippen molar-refractivity contribution in [2.24, 2.45) is 17.6 Å². The lowest BCUT2D eigenvalue weighted by atomic mass is 9.96. The number of hydrogen-bond donors (Lipinski definition) is 1. The number of carbonyl (C=O) groups is 1. The Kier molecular flexibility index (Phi) is 7.85. The maximum absolute atomic E-state index is 12.2. The third-order valence-electron chi connectivity index (χ3n) is 4.79. The maximum Gasteiger partial charge on any atom is 0.222 e. The first-order valence-corrected chi connectivity index (χ1v) is 7.74. The molecule has 0 aromatic rings. The molecule has 2 fully saturated rings. The molecule has 2 atom stereocenters. The summed E-state index contributed by atoms with van der Waals surface area (Å²) in [5.41, 5.74) is 6.03. The molecule has 2 aliphatic rings. The molecule has 118 valence electrons. The van der Waals surface area contributed by atoms with Crippen molar-refractivity contribution in [2.75, 3.05) is 26.8 Å². The van der Waals surface area contributed by atoms with E-state index >= 15 is 0 Å². The SMILES string of the molecule is CN(CCC1CCOCC1)C(=O)C[C@@H]1CCC[C@H]1N.Cl. The molecule has 0 unspecified atom stereocenters. The predicted molar refractivity (Wildman–Crippen MR) is 83.0 cm³/mol. The number of hydrogen-bond acceptors (Lipinski definition) is 3. The van der Waals surface area contributed by atoms with E-state index in [-0.39, 0.29) is 24.4 Å². The first-order valence-electron chi connectivity index (χ1n) is 7.74. The number of ether oxygens (including phenoxy) is 1. The summed E-state index contributed by atoms with van der Waals surface area (Å²) in [6.45, 7) is 2.66. The molecule has 20 heavy (non-hydrogen) atoms. The Morgan fingerprint density at radius 1 is 1.25 bits per heavy atom. The van der Waals surface area contributed by atoms with Crippen LogP contribution in [0.25, 0.3) is 0 Å². The van der Waals surface area contributed by atoms with Crippen molar-refractivity contribution in [2.45, 2.75) is 51.0 Å². The van der Waals surface area contributed by atoms with Crippen molar-refractivity contribution in [3.8, 4) is 0 Å². The third-order valence-corrected chi connectivity index (χ3v) is 4.79. The minimum Gasteiger partial charge on any atom is -0.381 e. The average molecular weight is 305 g/mol. The Hall–Kier alpha value is -0.320. The zero-order chi connectivity index (χ0) is 13.7. The first-order chi connectivity index (χ1) is 9.16. The van der Waals surface area contributed by atoms with E-state index in [2.05, 4.69) is 0 Å². The van der Waals surface area contributed by atoms with Gasteiger partial charge < -0.3 is 15.4 Å². The highest BCUT2D eigenvalue weighted by atomic mass is 35.5. The van der Waals surface area contributed by atoms with E-state index in [1.165, 1.54) is 6.42 Å². The Morgan fingerprint density at radius 3 is 2.55 bits per heavy atom. The van der Waals surface area contributed by atoms with E-state index in [1.54, 1.807) is 0 Å². The molecular formula is C15H29ClN2O2. The van der Waals surface area contributed by atoms with Gasteiger partial charge in [0.25, 0.3) is 0 Å². The molecule has 5 heteroatoms. The van der Waals surface area contributed by atoms with Crippen LogP contribution < -0.4 is 5.73 Å². The Bertz CT molecular complexity index is 296. The molecule has 1 amide bonds. The van der Waals surface area contributed by atoms with Crippen molar-refractivity contribution < 1.29 is 9.53 Å². The van der Waals surface area contributed by atoms with E-state index in [4.69, 9.17) is 10.5 Å². The molecule has 2 rings (SSSR count). The maximum atomic E-state index is 12.2. The van der Waals surface area contributed by atoms with Gasteiger partial charge in [-0.05, 0) is 43.9 Å². The molecule has 1 aliphatic heterocycles. The average Bonchev–Trinajstić information content (AvgIpc) is 2.82. The fourth-order valence-electron chi connectivity index (χ4n) is 3.24. The lowest BCUT2D eigenvalue weighted by molar-refractivity contribution is -0.131. The predicted octanol–water partition coefficient (Wildman–Crippen LogP) is 2.20. The number of nitrogens with two attached hydrogens (primary N) is 1. The molecule has 0 aromatic heterocycles. The van der Waals surface area contributed by atoms with Gasteiger partial charge in [0.1, 0.15) is 0 Å². The second-order valence-corrected chi connectivity index (χ2v) is 6.22. The van der Waals surface area contributed by atoms with Gasteiger partial charge in [-0.25, -0.2) is 0 Å². The minimum atomic E-state index is 0. The van der Waals surface area contributed by atoms with E-state index in [1.807, 2.05) is 11.9 Å². The standard InChI is InChI=1S/C15H28N2O2.ClH/c1-17(8-5-12-6-9-19-10-7-12)15(18)11-13-3-2-4-14(13)16;/h12-14H,2-11,16H2,1H3;1H/t13-,14+;/m0./s1. The van der Waals surface area contributed by atoms with Gasteiger partial charge in [-0.2, -0.15) is 0 Å². The molecule has 0 aromatic carbocycles. The van der Waals surface area contributed by atoms with Gasteiger partial charge in [0.05, 0.1) is 0 Å². The third kappa shape index (κ3) is 5.23. The van der Waals surface area contributed by atoms with Crippen LogP contribution in [-0.2, 0) is 9.53 Å². The molecule has 1 saturated heterocycles. The zero-order valence-electron chi connectivity index (χ0n) is 12.6. The highest BCUT2D eigenvalue weighted by Gasteiger charge is 2.27. The molecule has 2 N–H and O–H groups in total. The van der Waals surface area contributed by atoms with Crippen molar-refractivity contribution >= 4 is 18.3 Å². The minimum absolute atomic E-state index is 0. The number of nitrogens with zero attached hydrogens (tertiary/aromatic N) is 1. The van der Waals surface area contributed by atoms with Gasteiger partial charge in [0.15, 0.2) is 0 Å². The second kappa shape index (κ2) is 8.85. The van der Waals surface area contributed by atoms with Crippen LogP contribution in [0.3, 0.4) is 0 Å². The highest BCUT2D eigenvalue weighted by molar-refractivity contribution is 5.85. The Morgan fingerprint density at radius 2 is 1.95 bits per heavy atom. The Balaban J connectivity index is 0.00000200. The lowest BCUT2D eigenvalue weighted by Crippen LogP contribution is -2.34. The van der Waals surface area contributed by atoms with E-state index < -0.39 is 0 Å². The molecule has 1 aliphatic carbocycles. The molecule has 1 saturated carbocycles. The van der Waals surface area contributed by atoms with Gasteiger partial charge in [-0.3, -0.25) is 4.79 Å². The van der Waals surface area contributed by atoms with Crippen LogP contribution in [0.1, 0.15) is 44.9 Å². The van der Waals surface area contributed by atoms with Crippen molar-refractivity contribution in [3.05, 3.63) is 0 Å². The molecule has 0 bridgehead atoms. The highest BCUT2D eigenvalue weighted by Crippen LogP contribution is 2.27. The fraction of sp³-hybridized carbons (Fsp3) is 0.933. The van der Waals surface area contributed by atoms with Gasteiger partial charge in [0, 0.05) is 39.3 Å². The van der Waals surface area contributed by atoms with Crippen LogP contribution in [0.2, 0.25) is 0 Å². The van der Waals surface area contributed by atoms with Crippen molar-refractivity contribution in [1.82, 2.24) is 4.90 Å². The van der Waals surface area contributed by atoms with E-state index in [9.17, 15) is 4.79 Å². The Labute approximate surface area is 128 Å². The summed E-state index contributed by atoms with van der Waals surface area (Å²) >= 11 is 0. The quantitative estimate of drug-likeness (QED) is 0.847. The summed E-state index contributed by atoms with van der Waals surface area (Å²) in [5, 5.41) is 0. The number of halogens is 1. The first kappa shape index (κ1) is 17.7. The number of carbonyl (C=O) groups excluding carboxylic acids is 1. The van der Waals surface area contributed by atoms with Gasteiger partial charge in [0.2, 0.25) is 5.91 Å². The molecule has 1 heterocycles. The number of amides is 1. The van der Waals surface area contributed by atoms with Crippen LogP contribution in [0.5, 0.6) is 0 Å². The lowest BCUT2D eigenvalue weighted by Gasteiger charge is -2.26. The van der Waals surface area contributed by atoms with Crippen LogP contribution in [0, 0.1) is 11.8 Å².